The minimum absolute atomic E-state index is 0.250. The minimum atomic E-state index is 0.250. The number of benzene rings is 1. The molecule has 1 aromatic rings. The average Bonchev–Trinajstić information content (AvgIpc) is 3.12. The molecule has 1 saturated carbocycles. The highest BCUT2D eigenvalue weighted by Crippen LogP contribution is 2.53. The Morgan fingerprint density at radius 1 is 1.16 bits per heavy atom. The standard InChI is InChI=1S/C17H25NO/c1-14(2)19-16-5-3-4-15(12-16)13-18-10-8-17(6-7-17)9-11-18/h3-5,12,14H,6-11,13H2,1-2H3. The predicted octanol–water partition coefficient (Wildman–Crippen LogP) is 3.85. The topological polar surface area (TPSA) is 12.5 Å². The first kappa shape index (κ1) is 13.0. The maximum Gasteiger partial charge on any atom is 0.120 e. The second-order valence-corrected chi connectivity index (χ2v) is 6.59. The summed E-state index contributed by atoms with van der Waals surface area (Å²) in [5, 5.41) is 0. The Labute approximate surface area is 116 Å². The molecule has 3 rings (SSSR count). The van der Waals surface area contributed by atoms with Crippen molar-refractivity contribution in [2.75, 3.05) is 13.1 Å². The molecule has 1 spiro atoms. The highest BCUT2D eigenvalue weighted by atomic mass is 16.5. The lowest BCUT2D eigenvalue weighted by molar-refractivity contribution is 0.165. The SMILES string of the molecule is CC(C)Oc1cccc(CN2CCC3(CC2)CC3)c1. The van der Waals surface area contributed by atoms with Gasteiger partial charge in [-0.15, -0.1) is 0 Å². The van der Waals surface area contributed by atoms with Crippen LogP contribution in [0.1, 0.15) is 45.1 Å². The van der Waals surface area contributed by atoms with E-state index in [0.29, 0.717) is 0 Å². The summed E-state index contributed by atoms with van der Waals surface area (Å²) in [6.45, 7) is 7.77. The maximum atomic E-state index is 5.77. The van der Waals surface area contributed by atoms with Crippen molar-refractivity contribution in [2.45, 2.75) is 52.2 Å². The molecule has 104 valence electrons. The number of hydrogen-bond donors (Lipinski definition) is 0. The van der Waals surface area contributed by atoms with Crippen molar-refractivity contribution in [2.24, 2.45) is 5.41 Å². The molecule has 0 atom stereocenters. The van der Waals surface area contributed by atoms with Gasteiger partial charge in [-0.05, 0) is 75.7 Å². The molecular weight excluding hydrogens is 234 g/mol. The number of piperidine rings is 1. The van der Waals surface area contributed by atoms with E-state index in [-0.39, 0.29) is 6.10 Å². The normalized spacial score (nSPS) is 21.8. The van der Waals surface area contributed by atoms with Crippen LogP contribution in [0.5, 0.6) is 5.75 Å². The molecule has 1 aliphatic heterocycles. The smallest absolute Gasteiger partial charge is 0.120 e. The molecule has 0 radical (unpaired) electrons. The van der Waals surface area contributed by atoms with Gasteiger partial charge in [0.25, 0.3) is 0 Å². The Morgan fingerprint density at radius 3 is 2.53 bits per heavy atom. The molecule has 19 heavy (non-hydrogen) atoms. The molecule has 0 unspecified atom stereocenters. The second kappa shape index (κ2) is 5.16. The fraction of sp³-hybridized carbons (Fsp3) is 0.647. The molecule has 1 aromatic carbocycles. The highest BCUT2D eigenvalue weighted by Gasteiger charge is 2.44. The van der Waals surface area contributed by atoms with E-state index in [2.05, 4.69) is 43.0 Å². The van der Waals surface area contributed by atoms with Gasteiger partial charge in [-0.1, -0.05) is 12.1 Å². The van der Waals surface area contributed by atoms with Gasteiger partial charge in [0, 0.05) is 6.54 Å². The van der Waals surface area contributed by atoms with Crippen molar-refractivity contribution in [3.8, 4) is 5.75 Å². The third-order valence-corrected chi connectivity index (χ3v) is 4.55. The van der Waals surface area contributed by atoms with Crippen LogP contribution >= 0.6 is 0 Å². The molecule has 0 amide bonds. The van der Waals surface area contributed by atoms with Crippen LogP contribution in [0.25, 0.3) is 0 Å². The molecule has 1 aliphatic carbocycles. The Hall–Kier alpha value is -1.02. The van der Waals surface area contributed by atoms with Crippen LogP contribution in [0.2, 0.25) is 0 Å². The van der Waals surface area contributed by atoms with Crippen LogP contribution in [0, 0.1) is 5.41 Å². The van der Waals surface area contributed by atoms with Crippen LogP contribution in [0.3, 0.4) is 0 Å². The maximum absolute atomic E-state index is 5.77. The van der Waals surface area contributed by atoms with Crippen LogP contribution in [0.15, 0.2) is 24.3 Å². The van der Waals surface area contributed by atoms with E-state index < -0.39 is 0 Å². The third-order valence-electron chi connectivity index (χ3n) is 4.55. The summed E-state index contributed by atoms with van der Waals surface area (Å²) in [6.07, 6.45) is 6.04. The van der Waals surface area contributed by atoms with Crippen molar-refractivity contribution in [1.29, 1.82) is 0 Å². The first-order chi connectivity index (χ1) is 9.15. The van der Waals surface area contributed by atoms with Crippen molar-refractivity contribution in [3.05, 3.63) is 29.8 Å². The molecule has 0 N–H and O–H groups in total. The lowest BCUT2D eigenvalue weighted by Crippen LogP contribution is -2.33. The molecule has 2 nitrogen and oxygen atoms in total. The van der Waals surface area contributed by atoms with Crippen molar-refractivity contribution >= 4 is 0 Å². The van der Waals surface area contributed by atoms with Crippen molar-refractivity contribution in [1.82, 2.24) is 4.90 Å². The summed E-state index contributed by atoms with van der Waals surface area (Å²) in [4.78, 5) is 2.60. The molecular formula is C17H25NO. The van der Waals surface area contributed by atoms with Crippen molar-refractivity contribution in [3.63, 3.8) is 0 Å². The van der Waals surface area contributed by atoms with E-state index in [0.717, 1.165) is 17.7 Å². The van der Waals surface area contributed by atoms with Gasteiger partial charge in [-0.3, -0.25) is 4.90 Å². The highest BCUT2D eigenvalue weighted by molar-refractivity contribution is 5.28. The van der Waals surface area contributed by atoms with E-state index >= 15 is 0 Å². The Kier molecular flexibility index (Phi) is 3.53. The Bertz CT molecular complexity index is 427. The molecule has 0 aromatic heterocycles. The summed E-state index contributed by atoms with van der Waals surface area (Å²) in [7, 11) is 0. The second-order valence-electron chi connectivity index (χ2n) is 6.59. The zero-order valence-electron chi connectivity index (χ0n) is 12.2. The molecule has 2 fully saturated rings. The molecule has 2 heteroatoms. The molecule has 1 saturated heterocycles. The monoisotopic (exact) mass is 259 g/mol. The Balaban J connectivity index is 1.57. The average molecular weight is 259 g/mol. The number of hydrogen-bond acceptors (Lipinski definition) is 2. The summed E-state index contributed by atoms with van der Waals surface area (Å²) < 4.78 is 5.77. The van der Waals surface area contributed by atoms with Gasteiger partial charge in [0.1, 0.15) is 5.75 Å². The zero-order chi connectivity index (χ0) is 13.3. The van der Waals surface area contributed by atoms with E-state index in [1.807, 2.05) is 0 Å². The fourth-order valence-corrected chi connectivity index (χ4v) is 3.11. The number of nitrogens with zero attached hydrogens (tertiary/aromatic N) is 1. The van der Waals surface area contributed by atoms with Crippen LogP contribution in [-0.4, -0.2) is 24.1 Å². The quantitative estimate of drug-likeness (QED) is 0.814. The van der Waals surface area contributed by atoms with Gasteiger partial charge >= 0.3 is 0 Å². The van der Waals surface area contributed by atoms with Gasteiger partial charge in [0.2, 0.25) is 0 Å². The minimum Gasteiger partial charge on any atom is -0.491 e. The van der Waals surface area contributed by atoms with Gasteiger partial charge in [-0.25, -0.2) is 0 Å². The van der Waals surface area contributed by atoms with Crippen LogP contribution in [-0.2, 0) is 6.54 Å². The van der Waals surface area contributed by atoms with E-state index in [4.69, 9.17) is 4.74 Å². The van der Waals surface area contributed by atoms with Crippen molar-refractivity contribution < 1.29 is 4.74 Å². The molecule has 0 bridgehead atoms. The Morgan fingerprint density at radius 2 is 1.89 bits per heavy atom. The summed E-state index contributed by atoms with van der Waals surface area (Å²) in [6, 6.07) is 8.58. The van der Waals surface area contributed by atoms with Gasteiger partial charge in [0.05, 0.1) is 6.10 Å². The van der Waals surface area contributed by atoms with E-state index in [9.17, 15) is 0 Å². The van der Waals surface area contributed by atoms with E-state index in [1.54, 1.807) is 0 Å². The number of likely N-dealkylation sites (tertiary alicyclic amines) is 1. The third kappa shape index (κ3) is 3.30. The molecule has 2 aliphatic rings. The lowest BCUT2D eigenvalue weighted by atomic mass is 9.93. The van der Waals surface area contributed by atoms with Gasteiger partial charge in [-0.2, -0.15) is 0 Å². The zero-order valence-corrected chi connectivity index (χ0v) is 12.2. The number of rotatable bonds is 4. The number of ether oxygens (including phenoxy) is 1. The van der Waals surface area contributed by atoms with Crippen LogP contribution < -0.4 is 4.74 Å². The van der Waals surface area contributed by atoms with Gasteiger partial charge in [0.15, 0.2) is 0 Å². The summed E-state index contributed by atoms with van der Waals surface area (Å²) >= 11 is 0. The largest absolute Gasteiger partial charge is 0.491 e. The fourth-order valence-electron chi connectivity index (χ4n) is 3.11. The summed E-state index contributed by atoms with van der Waals surface area (Å²) in [5.74, 6) is 1.00. The van der Waals surface area contributed by atoms with E-state index in [1.165, 1.54) is 44.3 Å². The summed E-state index contributed by atoms with van der Waals surface area (Å²) in [5.41, 5.74) is 2.16. The predicted molar refractivity (Wildman–Crippen MR) is 78.4 cm³/mol. The first-order valence-electron chi connectivity index (χ1n) is 7.63. The first-order valence-corrected chi connectivity index (χ1v) is 7.63. The van der Waals surface area contributed by atoms with Gasteiger partial charge < -0.3 is 4.74 Å². The van der Waals surface area contributed by atoms with Crippen LogP contribution in [0.4, 0.5) is 0 Å². The molecule has 1 heterocycles. The lowest BCUT2D eigenvalue weighted by Gasteiger charge is -2.32.